The second-order valence-electron chi connectivity index (χ2n) is 5.18. The van der Waals surface area contributed by atoms with Crippen molar-refractivity contribution in [1.29, 1.82) is 0 Å². The van der Waals surface area contributed by atoms with E-state index >= 15 is 0 Å². The Kier molecular flexibility index (Phi) is 6.49. The molecule has 0 aliphatic carbocycles. The molecule has 0 aliphatic rings. The molecule has 3 nitrogen and oxygen atoms in total. The van der Waals surface area contributed by atoms with Gasteiger partial charge in [-0.05, 0) is 36.6 Å². The van der Waals surface area contributed by atoms with Crippen LogP contribution >= 0.6 is 0 Å². The average Bonchev–Trinajstić information content (AvgIpc) is 2.57. The second kappa shape index (κ2) is 8.88. The van der Waals surface area contributed by atoms with Gasteiger partial charge in [0.15, 0.2) is 0 Å². The fourth-order valence-corrected chi connectivity index (χ4v) is 2.18. The van der Waals surface area contributed by atoms with E-state index in [1.54, 1.807) is 0 Å². The van der Waals surface area contributed by atoms with Gasteiger partial charge in [0.25, 0.3) is 5.91 Å². The molecule has 0 radical (unpaired) electrons. The van der Waals surface area contributed by atoms with Gasteiger partial charge in [-0.25, -0.2) is 0 Å². The largest absolute Gasteiger partial charge is 0.493 e. The third kappa shape index (κ3) is 4.92. The van der Waals surface area contributed by atoms with Crippen molar-refractivity contribution in [3.05, 3.63) is 65.7 Å². The third-order valence-corrected chi connectivity index (χ3v) is 3.44. The first-order valence-corrected chi connectivity index (χ1v) is 7.85. The average molecular weight is 297 g/mol. The molecule has 2 rings (SSSR count). The molecule has 0 fully saturated rings. The van der Waals surface area contributed by atoms with Crippen molar-refractivity contribution in [2.24, 2.45) is 0 Å². The van der Waals surface area contributed by atoms with Crippen LogP contribution in [0.1, 0.15) is 35.7 Å². The van der Waals surface area contributed by atoms with Crippen LogP contribution in [0.15, 0.2) is 54.6 Å². The van der Waals surface area contributed by atoms with Crippen molar-refractivity contribution < 1.29 is 9.53 Å². The summed E-state index contributed by atoms with van der Waals surface area (Å²) in [6, 6.07) is 17.3. The molecule has 2 aromatic carbocycles. The molecule has 22 heavy (non-hydrogen) atoms. The highest BCUT2D eigenvalue weighted by Gasteiger charge is 2.06. The van der Waals surface area contributed by atoms with Crippen molar-refractivity contribution in [2.45, 2.75) is 26.2 Å². The van der Waals surface area contributed by atoms with Gasteiger partial charge < -0.3 is 10.1 Å². The lowest BCUT2D eigenvalue weighted by Gasteiger charge is -2.11. The number of unbranched alkanes of at least 4 members (excludes halogenated alkanes) is 1. The summed E-state index contributed by atoms with van der Waals surface area (Å²) in [6.07, 6.45) is 2.94. The molecule has 0 aromatic heterocycles. The smallest absolute Gasteiger partial charge is 0.251 e. The van der Waals surface area contributed by atoms with Crippen LogP contribution in [0.25, 0.3) is 0 Å². The number of ether oxygens (including phenoxy) is 1. The standard InChI is InChI=1S/C19H23NO2/c1-2-3-15-22-18-12-8-7-9-16(18)13-14-20-19(21)17-10-5-4-6-11-17/h4-12H,2-3,13-15H2,1H3,(H,20,21). The summed E-state index contributed by atoms with van der Waals surface area (Å²) in [5.74, 6) is 0.884. The van der Waals surface area contributed by atoms with E-state index in [0.29, 0.717) is 12.1 Å². The van der Waals surface area contributed by atoms with E-state index in [1.165, 1.54) is 0 Å². The van der Waals surface area contributed by atoms with Gasteiger partial charge in [0.1, 0.15) is 5.75 Å². The Balaban J connectivity index is 1.85. The number of rotatable bonds is 8. The zero-order valence-electron chi connectivity index (χ0n) is 13.0. The maximum atomic E-state index is 12.0. The molecule has 0 saturated carbocycles. The van der Waals surface area contributed by atoms with E-state index in [9.17, 15) is 4.79 Å². The van der Waals surface area contributed by atoms with Crippen LogP contribution < -0.4 is 10.1 Å². The lowest BCUT2D eigenvalue weighted by molar-refractivity contribution is 0.0954. The van der Waals surface area contributed by atoms with E-state index < -0.39 is 0 Å². The summed E-state index contributed by atoms with van der Waals surface area (Å²) in [5, 5.41) is 2.95. The van der Waals surface area contributed by atoms with Crippen molar-refractivity contribution >= 4 is 5.91 Å². The number of nitrogens with one attached hydrogen (secondary N) is 1. The number of benzene rings is 2. The zero-order chi connectivity index (χ0) is 15.6. The Morgan fingerprint density at radius 3 is 2.55 bits per heavy atom. The Bertz CT molecular complexity index is 581. The molecule has 1 N–H and O–H groups in total. The fraction of sp³-hybridized carbons (Fsp3) is 0.316. The number of para-hydroxylation sites is 1. The summed E-state index contributed by atoms with van der Waals surface area (Å²) in [6.45, 7) is 3.49. The number of carbonyl (C=O) groups is 1. The van der Waals surface area contributed by atoms with Crippen molar-refractivity contribution in [3.63, 3.8) is 0 Å². The molecule has 116 valence electrons. The minimum absolute atomic E-state index is 0.0371. The Morgan fingerprint density at radius 2 is 1.77 bits per heavy atom. The first-order valence-electron chi connectivity index (χ1n) is 7.85. The summed E-state index contributed by atoms with van der Waals surface area (Å²) >= 11 is 0. The van der Waals surface area contributed by atoms with Gasteiger partial charge in [-0.1, -0.05) is 49.7 Å². The van der Waals surface area contributed by atoms with E-state index in [2.05, 4.69) is 18.3 Å². The topological polar surface area (TPSA) is 38.3 Å². The molecule has 2 aromatic rings. The van der Waals surface area contributed by atoms with Crippen molar-refractivity contribution in [2.75, 3.05) is 13.2 Å². The monoisotopic (exact) mass is 297 g/mol. The maximum Gasteiger partial charge on any atom is 0.251 e. The molecule has 0 spiro atoms. The van der Waals surface area contributed by atoms with E-state index in [1.807, 2.05) is 48.5 Å². The molecule has 3 heteroatoms. The normalized spacial score (nSPS) is 10.2. The summed E-state index contributed by atoms with van der Waals surface area (Å²) in [5.41, 5.74) is 1.82. The third-order valence-electron chi connectivity index (χ3n) is 3.44. The van der Waals surface area contributed by atoms with Gasteiger partial charge in [0.05, 0.1) is 6.61 Å². The fourth-order valence-electron chi connectivity index (χ4n) is 2.18. The predicted molar refractivity (Wildman–Crippen MR) is 89.3 cm³/mol. The van der Waals surface area contributed by atoms with Crippen LogP contribution in [-0.4, -0.2) is 19.1 Å². The molecular weight excluding hydrogens is 274 g/mol. The lowest BCUT2D eigenvalue weighted by atomic mass is 10.1. The Morgan fingerprint density at radius 1 is 1.05 bits per heavy atom. The van der Waals surface area contributed by atoms with E-state index in [4.69, 9.17) is 4.74 Å². The van der Waals surface area contributed by atoms with E-state index in [-0.39, 0.29) is 5.91 Å². The number of hydrogen-bond acceptors (Lipinski definition) is 2. The van der Waals surface area contributed by atoms with Crippen LogP contribution in [0.2, 0.25) is 0 Å². The molecule has 0 aliphatic heterocycles. The molecule has 0 saturated heterocycles. The highest BCUT2D eigenvalue weighted by molar-refractivity contribution is 5.94. The molecule has 0 atom stereocenters. The Labute approximate surface area is 132 Å². The maximum absolute atomic E-state index is 12.0. The van der Waals surface area contributed by atoms with Crippen LogP contribution in [0.4, 0.5) is 0 Å². The highest BCUT2D eigenvalue weighted by Crippen LogP contribution is 2.18. The quantitative estimate of drug-likeness (QED) is 0.752. The first kappa shape index (κ1) is 16.1. The predicted octanol–water partition coefficient (Wildman–Crippen LogP) is 3.84. The number of carbonyl (C=O) groups excluding carboxylic acids is 1. The zero-order valence-corrected chi connectivity index (χ0v) is 13.0. The lowest BCUT2D eigenvalue weighted by Crippen LogP contribution is -2.25. The Hall–Kier alpha value is -2.29. The van der Waals surface area contributed by atoms with Crippen molar-refractivity contribution in [1.82, 2.24) is 5.32 Å². The molecule has 0 bridgehead atoms. The van der Waals surface area contributed by atoms with Crippen LogP contribution in [0.3, 0.4) is 0 Å². The van der Waals surface area contributed by atoms with Gasteiger partial charge in [-0.3, -0.25) is 4.79 Å². The minimum Gasteiger partial charge on any atom is -0.493 e. The van der Waals surface area contributed by atoms with Gasteiger partial charge >= 0.3 is 0 Å². The molecular formula is C19H23NO2. The summed E-state index contributed by atoms with van der Waals surface area (Å²) < 4.78 is 5.81. The van der Waals surface area contributed by atoms with Crippen molar-refractivity contribution in [3.8, 4) is 5.75 Å². The summed E-state index contributed by atoms with van der Waals surface area (Å²) in [4.78, 5) is 12.0. The highest BCUT2D eigenvalue weighted by atomic mass is 16.5. The van der Waals surface area contributed by atoms with E-state index in [0.717, 1.165) is 37.2 Å². The number of amides is 1. The van der Waals surface area contributed by atoms with Crippen LogP contribution in [0, 0.1) is 0 Å². The van der Waals surface area contributed by atoms with Crippen LogP contribution in [0.5, 0.6) is 5.75 Å². The first-order chi connectivity index (χ1) is 10.8. The SMILES string of the molecule is CCCCOc1ccccc1CCNC(=O)c1ccccc1. The summed E-state index contributed by atoms with van der Waals surface area (Å²) in [7, 11) is 0. The van der Waals surface area contributed by atoms with Gasteiger partial charge in [-0.2, -0.15) is 0 Å². The van der Waals surface area contributed by atoms with Crippen LogP contribution in [-0.2, 0) is 6.42 Å². The van der Waals surface area contributed by atoms with Gasteiger partial charge in [0.2, 0.25) is 0 Å². The van der Waals surface area contributed by atoms with Gasteiger partial charge in [-0.15, -0.1) is 0 Å². The number of hydrogen-bond donors (Lipinski definition) is 1. The molecule has 1 amide bonds. The van der Waals surface area contributed by atoms with Gasteiger partial charge in [0, 0.05) is 12.1 Å². The molecule has 0 heterocycles. The second-order valence-corrected chi connectivity index (χ2v) is 5.18. The molecule has 0 unspecified atom stereocenters. The minimum atomic E-state index is -0.0371.